The molecule has 1 amide bonds. The fourth-order valence-electron chi connectivity index (χ4n) is 2.53. The number of hydrogen-bond acceptors (Lipinski definition) is 2. The summed E-state index contributed by atoms with van der Waals surface area (Å²) in [5.41, 5.74) is 1.11. The molecule has 3 heteroatoms. The summed E-state index contributed by atoms with van der Waals surface area (Å²) in [6.07, 6.45) is 0.474. The fourth-order valence-corrected chi connectivity index (χ4v) is 2.53. The van der Waals surface area contributed by atoms with E-state index in [0.29, 0.717) is 32.7 Å². The van der Waals surface area contributed by atoms with Gasteiger partial charge >= 0.3 is 0 Å². The van der Waals surface area contributed by atoms with Gasteiger partial charge in [-0.15, -0.1) is 0 Å². The van der Waals surface area contributed by atoms with Gasteiger partial charge in [0.15, 0.2) is 0 Å². The Morgan fingerprint density at radius 2 is 1.79 bits per heavy atom. The second kappa shape index (κ2) is 5.41. The molecule has 19 heavy (non-hydrogen) atoms. The fraction of sp³-hybridized carbons (Fsp3) is 0.312. The maximum Gasteiger partial charge on any atom is 0.227 e. The average molecular weight is 255 g/mol. The molecule has 1 aliphatic rings. The van der Waals surface area contributed by atoms with E-state index in [0.717, 1.165) is 5.56 Å². The van der Waals surface area contributed by atoms with Crippen molar-refractivity contribution in [3.8, 4) is 0 Å². The first-order valence-corrected chi connectivity index (χ1v) is 6.67. The van der Waals surface area contributed by atoms with Crippen molar-refractivity contribution in [3.63, 3.8) is 0 Å². The molecule has 1 fully saturated rings. The van der Waals surface area contributed by atoms with Crippen molar-refractivity contribution in [2.75, 3.05) is 26.3 Å². The highest BCUT2D eigenvalue weighted by Crippen LogP contribution is 2.19. The molecule has 1 aliphatic heterocycles. The van der Waals surface area contributed by atoms with Gasteiger partial charge in [-0.3, -0.25) is 4.79 Å². The minimum Gasteiger partial charge on any atom is -0.378 e. The number of fused-ring (bicyclic) bond motifs is 1. The third-order valence-corrected chi connectivity index (χ3v) is 3.59. The Balaban J connectivity index is 1.82. The van der Waals surface area contributed by atoms with E-state index in [1.165, 1.54) is 10.8 Å². The van der Waals surface area contributed by atoms with Crippen molar-refractivity contribution in [2.45, 2.75) is 6.42 Å². The zero-order chi connectivity index (χ0) is 13.1. The minimum atomic E-state index is 0.194. The molecule has 2 aromatic carbocycles. The average Bonchev–Trinajstić information content (AvgIpc) is 2.48. The largest absolute Gasteiger partial charge is 0.378 e. The lowest BCUT2D eigenvalue weighted by molar-refractivity contribution is -0.134. The maximum absolute atomic E-state index is 12.3. The quantitative estimate of drug-likeness (QED) is 0.823. The van der Waals surface area contributed by atoms with Gasteiger partial charge in [-0.2, -0.15) is 0 Å². The highest BCUT2D eigenvalue weighted by molar-refractivity contribution is 5.90. The Bertz CT molecular complexity index is 583. The van der Waals surface area contributed by atoms with Crippen LogP contribution in [0.4, 0.5) is 0 Å². The van der Waals surface area contributed by atoms with Crippen LogP contribution in [0.15, 0.2) is 42.5 Å². The molecule has 3 rings (SSSR count). The summed E-state index contributed by atoms with van der Waals surface area (Å²) in [4.78, 5) is 14.2. The number of nitrogens with zero attached hydrogens (tertiary/aromatic N) is 1. The van der Waals surface area contributed by atoms with Gasteiger partial charge in [0.05, 0.1) is 19.6 Å². The zero-order valence-corrected chi connectivity index (χ0v) is 10.8. The van der Waals surface area contributed by atoms with E-state index in [-0.39, 0.29) is 5.91 Å². The van der Waals surface area contributed by atoms with Crippen LogP contribution in [0.1, 0.15) is 5.56 Å². The Kier molecular flexibility index (Phi) is 3.47. The normalized spacial score (nSPS) is 15.7. The SMILES string of the molecule is O=C(Cc1cccc2ccccc12)N1CCOCC1. The third kappa shape index (κ3) is 2.61. The number of rotatable bonds is 2. The van der Waals surface area contributed by atoms with Crippen LogP contribution in [0.25, 0.3) is 10.8 Å². The summed E-state index contributed by atoms with van der Waals surface area (Å²) in [6, 6.07) is 14.3. The molecule has 0 aromatic heterocycles. The summed E-state index contributed by atoms with van der Waals surface area (Å²) in [5, 5.41) is 2.36. The van der Waals surface area contributed by atoms with E-state index in [1.54, 1.807) is 0 Å². The highest BCUT2D eigenvalue weighted by atomic mass is 16.5. The van der Waals surface area contributed by atoms with Crippen molar-refractivity contribution in [1.29, 1.82) is 0 Å². The molecule has 3 nitrogen and oxygen atoms in total. The zero-order valence-electron chi connectivity index (χ0n) is 10.8. The van der Waals surface area contributed by atoms with Crippen LogP contribution in [-0.4, -0.2) is 37.1 Å². The Morgan fingerprint density at radius 3 is 2.63 bits per heavy atom. The summed E-state index contributed by atoms with van der Waals surface area (Å²) in [5.74, 6) is 0.194. The van der Waals surface area contributed by atoms with Crippen molar-refractivity contribution in [2.24, 2.45) is 0 Å². The van der Waals surface area contributed by atoms with Gasteiger partial charge in [0.25, 0.3) is 0 Å². The Hall–Kier alpha value is -1.87. The van der Waals surface area contributed by atoms with Gasteiger partial charge in [0, 0.05) is 13.1 Å². The lowest BCUT2D eigenvalue weighted by atomic mass is 10.0. The van der Waals surface area contributed by atoms with Crippen LogP contribution in [0.3, 0.4) is 0 Å². The number of ether oxygens (including phenoxy) is 1. The minimum absolute atomic E-state index is 0.194. The molecule has 1 saturated heterocycles. The molecular formula is C16H17NO2. The number of carbonyl (C=O) groups is 1. The molecule has 0 N–H and O–H groups in total. The predicted octanol–water partition coefficient (Wildman–Crippen LogP) is 2.24. The summed E-state index contributed by atoms with van der Waals surface area (Å²) in [7, 11) is 0. The van der Waals surface area contributed by atoms with Crippen LogP contribution in [0, 0.1) is 0 Å². The van der Waals surface area contributed by atoms with E-state index in [9.17, 15) is 4.79 Å². The molecule has 0 atom stereocenters. The summed E-state index contributed by atoms with van der Waals surface area (Å²) >= 11 is 0. The van der Waals surface area contributed by atoms with Gasteiger partial charge in [-0.1, -0.05) is 42.5 Å². The monoisotopic (exact) mass is 255 g/mol. The first-order chi connectivity index (χ1) is 9.34. The maximum atomic E-state index is 12.3. The smallest absolute Gasteiger partial charge is 0.227 e. The first-order valence-electron chi connectivity index (χ1n) is 6.67. The first kappa shape index (κ1) is 12.2. The molecular weight excluding hydrogens is 238 g/mol. The molecule has 1 heterocycles. The van der Waals surface area contributed by atoms with Crippen LogP contribution >= 0.6 is 0 Å². The number of carbonyl (C=O) groups excluding carboxylic acids is 1. The topological polar surface area (TPSA) is 29.5 Å². The Labute approximate surface area is 112 Å². The van der Waals surface area contributed by atoms with E-state index in [4.69, 9.17) is 4.74 Å². The second-order valence-corrected chi connectivity index (χ2v) is 4.81. The van der Waals surface area contributed by atoms with Gasteiger partial charge in [0.1, 0.15) is 0 Å². The van der Waals surface area contributed by atoms with Crippen molar-refractivity contribution in [1.82, 2.24) is 4.90 Å². The van der Waals surface area contributed by atoms with Gasteiger partial charge in [-0.05, 0) is 16.3 Å². The number of benzene rings is 2. The molecule has 2 aromatic rings. The summed E-state index contributed by atoms with van der Waals surface area (Å²) in [6.45, 7) is 2.73. The molecule has 0 bridgehead atoms. The van der Waals surface area contributed by atoms with Crippen LogP contribution in [0.2, 0.25) is 0 Å². The van der Waals surface area contributed by atoms with Gasteiger partial charge in [-0.25, -0.2) is 0 Å². The van der Waals surface area contributed by atoms with E-state index in [2.05, 4.69) is 18.2 Å². The van der Waals surface area contributed by atoms with E-state index in [1.807, 2.05) is 29.2 Å². The van der Waals surface area contributed by atoms with Gasteiger partial charge in [0.2, 0.25) is 5.91 Å². The lowest BCUT2D eigenvalue weighted by Crippen LogP contribution is -2.41. The van der Waals surface area contributed by atoms with Crippen molar-refractivity contribution < 1.29 is 9.53 Å². The standard InChI is InChI=1S/C16H17NO2/c18-16(17-8-10-19-11-9-17)12-14-6-3-5-13-4-1-2-7-15(13)14/h1-7H,8-12H2. The number of morpholine rings is 1. The number of hydrogen-bond donors (Lipinski definition) is 0. The number of amides is 1. The molecule has 0 spiro atoms. The van der Waals surface area contributed by atoms with E-state index < -0.39 is 0 Å². The van der Waals surface area contributed by atoms with Crippen LogP contribution < -0.4 is 0 Å². The van der Waals surface area contributed by atoms with Crippen LogP contribution in [-0.2, 0) is 16.0 Å². The molecule has 0 aliphatic carbocycles. The van der Waals surface area contributed by atoms with Gasteiger partial charge < -0.3 is 9.64 Å². The Morgan fingerprint density at radius 1 is 1.05 bits per heavy atom. The third-order valence-electron chi connectivity index (χ3n) is 3.59. The lowest BCUT2D eigenvalue weighted by Gasteiger charge is -2.27. The molecule has 98 valence electrons. The summed E-state index contributed by atoms with van der Waals surface area (Å²) < 4.78 is 5.28. The molecule has 0 unspecified atom stereocenters. The van der Waals surface area contributed by atoms with Crippen molar-refractivity contribution >= 4 is 16.7 Å². The van der Waals surface area contributed by atoms with Crippen LogP contribution in [0.5, 0.6) is 0 Å². The second-order valence-electron chi connectivity index (χ2n) is 4.81. The van der Waals surface area contributed by atoms with Crippen molar-refractivity contribution in [3.05, 3.63) is 48.0 Å². The molecule has 0 radical (unpaired) electrons. The highest BCUT2D eigenvalue weighted by Gasteiger charge is 2.17. The van der Waals surface area contributed by atoms with E-state index >= 15 is 0 Å². The molecule has 0 saturated carbocycles. The predicted molar refractivity (Wildman–Crippen MR) is 75.1 cm³/mol.